The van der Waals surface area contributed by atoms with Crippen LogP contribution in [0, 0.1) is 11.8 Å². The molecule has 0 aromatic carbocycles. The van der Waals surface area contributed by atoms with Gasteiger partial charge in [0.25, 0.3) is 0 Å². The highest BCUT2D eigenvalue weighted by atomic mass is 16.5. The van der Waals surface area contributed by atoms with Crippen LogP contribution in [0.2, 0.25) is 0 Å². The van der Waals surface area contributed by atoms with Gasteiger partial charge in [-0.25, -0.2) is 0 Å². The van der Waals surface area contributed by atoms with Crippen LogP contribution in [-0.4, -0.2) is 19.6 Å². The van der Waals surface area contributed by atoms with Crippen molar-refractivity contribution in [3.05, 3.63) is 0 Å². The summed E-state index contributed by atoms with van der Waals surface area (Å²) < 4.78 is 4.65. The molecule has 2 N–H and O–H groups in total. The SMILES string of the molecule is COC(=O)C[C@@H](CN)C1CCCC1. The number of hydrogen-bond acceptors (Lipinski definition) is 3. The molecule has 1 fully saturated rings. The maximum Gasteiger partial charge on any atom is 0.305 e. The molecule has 0 heterocycles. The summed E-state index contributed by atoms with van der Waals surface area (Å²) in [5, 5.41) is 0. The molecule has 13 heavy (non-hydrogen) atoms. The molecular formula is C10H19NO2. The van der Waals surface area contributed by atoms with E-state index < -0.39 is 0 Å². The third kappa shape index (κ3) is 2.99. The number of nitrogens with two attached hydrogens (primary N) is 1. The van der Waals surface area contributed by atoms with Gasteiger partial charge >= 0.3 is 5.97 Å². The Labute approximate surface area is 79.6 Å². The summed E-state index contributed by atoms with van der Waals surface area (Å²) in [6.07, 6.45) is 5.56. The summed E-state index contributed by atoms with van der Waals surface area (Å²) in [5.41, 5.74) is 5.65. The zero-order valence-electron chi connectivity index (χ0n) is 8.29. The Morgan fingerprint density at radius 1 is 1.54 bits per heavy atom. The first-order valence-electron chi connectivity index (χ1n) is 5.04. The third-order valence-corrected chi connectivity index (χ3v) is 3.03. The number of hydrogen-bond donors (Lipinski definition) is 1. The molecular weight excluding hydrogens is 166 g/mol. The minimum absolute atomic E-state index is 0.123. The van der Waals surface area contributed by atoms with Crippen LogP contribution >= 0.6 is 0 Å². The molecule has 3 nitrogen and oxygen atoms in total. The highest BCUT2D eigenvalue weighted by molar-refractivity contribution is 5.69. The van der Waals surface area contributed by atoms with Crippen molar-refractivity contribution < 1.29 is 9.53 Å². The summed E-state index contributed by atoms with van der Waals surface area (Å²) in [5.74, 6) is 0.876. The Bertz CT molecular complexity index is 164. The van der Waals surface area contributed by atoms with E-state index in [4.69, 9.17) is 5.73 Å². The van der Waals surface area contributed by atoms with E-state index in [1.165, 1.54) is 32.8 Å². The fourth-order valence-corrected chi connectivity index (χ4v) is 2.17. The Morgan fingerprint density at radius 2 is 2.15 bits per heavy atom. The van der Waals surface area contributed by atoms with Gasteiger partial charge in [0.05, 0.1) is 7.11 Å². The van der Waals surface area contributed by atoms with Crippen LogP contribution in [0.5, 0.6) is 0 Å². The van der Waals surface area contributed by atoms with Crippen LogP contribution in [0.4, 0.5) is 0 Å². The van der Waals surface area contributed by atoms with Gasteiger partial charge in [0.2, 0.25) is 0 Å². The first-order chi connectivity index (χ1) is 6.27. The van der Waals surface area contributed by atoms with Crippen molar-refractivity contribution in [2.24, 2.45) is 17.6 Å². The van der Waals surface area contributed by atoms with Crippen molar-refractivity contribution in [2.75, 3.05) is 13.7 Å². The monoisotopic (exact) mass is 185 g/mol. The van der Waals surface area contributed by atoms with Crippen molar-refractivity contribution in [1.29, 1.82) is 0 Å². The number of methoxy groups -OCH3 is 1. The zero-order valence-corrected chi connectivity index (χ0v) is 8.29. The molecule has 1 aliphatic carbocycles. The molecule has 1 saturated carbocycles. The molecule has 0 radical (unpaired) electrons. The largest absolute Gasteiger partial charge is 0.469 e. The second-order valence-corrected chi connectivity index (χ2v) is 3.82. The Kier molecular flexibility index (Phi) is 4.22. The summed E-state index contributed by atoms with van der Waals surface area (Å²) in [6.45, 7) is 0.611. The van der Waals surface area contributed by atoms with Crippen molar-refractivity contribution in [3.63, 3.8) is 0 Å². The molecule has 0 spiro atoms. The molecule has 0 aliphatic heterocycles. The highest BCUT2D eigenvalue weighted by Gasteiger charge is 2.25. The number of ether oxygens (including phenoxy) is 1. The maximum atomic E-state index is 11.1. The lowest BCUT2D eigenvalue weighted by atomic mass is 9.88. The first-order valence-corrected chi connectivity index (χ1v) is 5.04. The molecule has 0 aromatic heterocycles. The number of esters is 1. The van der Waals surface area contributed by atoms with Crippen molar-refractivity contribution in [3.8, 4) is 0 Å². The van der Waals surface area contributed by atoms with Crippen LogP contribution < -0.4 is 5.73 Å². The van der Waals surface area contributed by atoms with E-state index in [2.05, 4.69) is 4.74 Å². The van der Waals surface area contributed by atoms with Crippen LogP contribution in [-0.2, 0) is 9.53 Å². The number of carbonyl (C=O) groups is 1. The average Bonchev–Trinajstić information content (AvgIpc) is 2.66. The average molecular weight is 185 g/mol. The summed E-state index contributed by atoms with van der Waals surface area (Å²) in [7, 11) is 1.44. The van der Waals surface area contributed by atoms with Gasteiger partial charge in [0.15, 0.2) is 0 Å². The van der Waals surface area contributed by atoms with Crippen molar-refractivity contribution >= 4 is 5.97 Å². The molecule has 76 valence electrons. The van der Waals surface area contributed by atoms with Crippen LogP contribution in [0.25, 0.3) is 0 Å². The summed E-state index contributed by atoms with van der Waals surface area (Å²) in [4.78, 5) is 11.1. The standard InChI is InChI=1S/C10H19NO2/c1-13-10(12)6-9(7-11)8-4-2-3-5-8/h8-9H,2-7,11H2,1H3/t9-/m0/s1. The predicted octanol–water partition coefficient (Wildman–Crippen LogP) is 1.31. The topological polar surface area (TPSA) is 52.3 Å². The van der Waals surface area contributed by atoms with E-state index >= 15 is 0 Å². The first kappa shape index (κ1) is 10.5. The van der Waals surface area contributed by atoms with E-state index in [1.54, 1.807) is 0 Å². The summed E-state index contributed by atoms with van der Waals surface area (Å²) in [6, 6.07) is 0. The fourth-order valence-electron chi connectivity index (χ4n) is 2.17. The van der Waals surface area contributed by atoms with Crippen LogP contribution in [0.15, 0.2) is 0 Å². The molecule has 1 aliphatic rings. The number of rotatable bonds is 4. The lowest BCUT2D eigenvalue weighted by molar-refractivity contribution is -0.142. The lowest BCUT2D eigenvalue weighted by Crippen LogP contribution is -2.25. The second kappa shape index (κ2) is 5.22. The van der Waals surface area contributed by atoms with Gasteiger partial charge in [-0.2, -0.15) is 0 Å². The second-order valence-electron chi connectivity index (χ2n) is 3.82. The third-order valence-electron chi connectivity index (χ3n) is 3.03. The summed E-state index contributed by atoms with van der Waals surface area (Å²) >= 11 is 0. The van der Waals surface area contributed by atoms with Crippen LogP contribution in [0.3, 0.4) is 0 Å². The van der Waals surface area contributed by atoms with E-state index in [9.17, 15) is 4.79 Å². The molecule has 1 atom stereocenters. The maximum absolute atomic E-state index is 11.1. The lowest BCUT2D eigenvalue weighted by Gasteiger charge is -2.20. The quantitative estimate of drug-likeness (QED) is 0.672. The highest BCUT2D eigenvalue weighted by Crippen LogP contribution is 2.32. The Morgan fingerprint density at radius 3 is 2.62 bits per heavy atom. The van der Waals surface area contributed by atoms with E-state index in [-0.39, 0.29) is 5.97 Å². The number of carbonyl (C=O) groups excluding carboxylic acids is 1. The Hall–Kier alpha value is -0.570. The van der Waals surface area contributed by atoms with Crippen molar-refractivity contribution in [1.82, 2.24) is 0 Å². The van der Waals surface area contributed by atoms with Gasteiger partial charge < -0.3 is 10.5 Å². The van der Waals surface area contributed by atoms with Gasteiger partial charge in [-0.05, 0) is 18.4 Å². The van der Waals surface area contributed by atoms with Gasteiger partial charge in [-0.1, -0.05) is 25.7 Å². The van der Waals surface area contributed by atoms with Gasteiger partial charge in [0.1, 0.15) is 0 Å². The Balaban J connectivity index is 2.37. The minimum atomic E-state index is -0.123. The molecule has 0 aromatic rings. The normalized spacial score (nSPS) is 20.2. The molecule has 0 bridgehead atoms. The van der Waals surface area contributed by atoms with E-state index in [1.807, 2.05) is 0 Å². The zero-order chi connectivity index (χ0) is 9.68. The van der Waals surface area contributed by atoms with Crippen molar-refractivity contribution in [2.45, 2.75) is 32.1 Å². The molecule has 3 heteroatoms. The molecule has 0 amide bonds. The predicted molar refractivity (Wildman–Crippen MR) is 51.1 cm³/mol. The molecule has 1 rings (SSSR count). The van der Waals surface area contributed by atoms with E-state index in [0.717, 1.165) is 0 Å². The van der Waals surface area contributed by atoms with Gasteiger partial charge in [-0.15, -0.1) is 0 Å². The smallest absolute Gasteiger partial charge is 0.305 e. The van der Waals surface area contributed by atoms with Gasteiger partial charge in [-0.3, -0.25) is 4.79 Å². The molecule has 0 saturated heterocycles. The van der Waals surface area contributed by atoms with Crippen LogP contribution in [0.1, 0.15) is 32.1 Å². The minimum Gasteiger partial charge on any atom is -0.469 e. The molecule has 0 unspecified atom stereocenters. The fraction of sp³-hybridized carbons (Fsp3) is 0.900. The van der Waals surface area contributed by atoms with E-state index in [0.29, 0.717) is 24.8 Å². The van der Waals surface area contributed by atoms with Gasteiger partial charge in [0, 0.05) is 6.42 Å².